The zero-order valence-electron chi connectivity index (χ0n) is 10.8. The molecule has 106 valence electrons. The van der Waals surface area contributed by atoms with Gasteiger partial charge in [-0.1, -0.05) is 27.5 Å². The van der Waals surface area contributed by atoms with E-state index in [0.29, 0.717) is 18.3 Å². The minimum atomic E-state index is 0.482. The Morgan fingerprint density at radius 3 is 2.75 bits per heavy atom. The maximum Gasteiger partial charge on any atom is 0.138 e. The molecule has 6 heteroatoms. The van der Waals surface area contributed by atoms with Gasteiger partial charge in [-0.25, -0.2) is 4.98 Å². The van der Waals surface area contributed by atoms with E-state index >= 15 is 0 Å². The molecule has 0 unspecified atom stereocenters. The van der Waals surface area contributed by atoms with E-state index in [4.69, 9.17) is 16.3 Å². The van der Waals surface area contributed by atoms with E-state index in [-0.39, 0.29) is 0 Å². The van der Waals surface area contributed by atoms with Crippen molar-refractivity contribution >= 4 is 49.1 Å². The van der Waals surface area contributed by atoms with Crippen LogP contribution in [0, 0.1) is 0 Å². The van der Waals surface area contributed by atoms with Crippen molar-refractivity contribution in [3.63, 3.8) is 0 Å². The summed E-state index contributed by atoms with van der Waals surface area (Å²) >= 11 is 12.8. The minimum Gasteiger partial charge on any atom is -0.492 e. The molecule has 1 aromatic carbocycles. The lowest BCUT2D eigenvalue weighted by Gasteiger charge is -2.14. The Balaban J connectivity index is 2.17. The highest BCUT2D eigenvalue weighted by Crippen LogP contribution is 2.33. The normalized spacial score (nSPS) is 10.4. The summed E-state index contributed by atoms with van der Waals surface area (Å²) in [6.45, 7) is 3.22. The van der Waals surface area contributed by atoms with Gasteiger partial charge >= 0.3 is 0 Å². The van der Waals surface area contributed by atoms with Crippen LogP contribution in [-0.2, 0) is 6.54 Å². The van der Waals surface area contributed by atoms with Crippen LogP contribution in [-0.4, -0.2) is 11.6 Å². The monoisotopic (exact) mass is 418 g/mol. The van der Waals surface area contributed by atoms with Crippen molar-refractivity contribution in [2.75, 3.05) is 11.9 Å². The number of nitrogens with zero attached hydrogens (tertiary/aromatic N) is 1. The molecule has 1 aromatic heterocycles. The Bertz CT molecular complexity index is 590. The van der Waals surface area contributed by atoms with Crippen molar-refractivity contribution in [2.45, 2.75) is 13.5 Å². The van der Waals surface area contributed by atoms with E-state index in [2.05, 4.69) is 42.2 Å². The van der Waals surface area contributed by atoms with Crippen LogP contribution in [0.25, 0.3) is 0 Å². The first kappa shape index (κ1) is 15.6. The summed E-state index contributed by atoms with van der Waals surface area (Å²) in [5, 5.41) is 3.78. The Labute approximate surface area is 140 Å². The quantitative estimate of drug-likeness (QED) is 0.669. The molecule has 0 fully saturated rings. The lowest BCUT2D eigenvalue weighted by atomic mass is 10.2. The van der Waals surface area contributed by atoms with Crippen molar-refractivity contribution < 1.29 is 4.74 Å². The molecule has 0 atom stereocenters. The van der Waals surface area contributed by atoms with Gasteiger partial charge in [-0.15, -0.1) is 0 Å². The third kappa shape index (κ3) is 4.11. The third-order valence-electron chi connectivity index (χ3n) is 2.58. The molecule has 0 aliphatic rings. The van der Waals surface area contributed by atoms with Gasteiger partial charge in [0, 0.05) is 16.6 Å². The molecule has 0 aliphatic carbocycles. The lowest BCUT2D eigenvalue weighted by Crippen LogP contribution is -2.04. The molecule has 0 saturated heterocycles. The minimum absolute atomic E-state index is 0.482. The van der Waals surface area contributed by atoms with Crippen molar-refractivity contribution in [2.24, 2.45) is 0 Å². The fraction of sp³-hybridized carbons (Fsp3) is 0.214. The highest BCUT2D eigenvalue weighted by Gasteiger charge is 2.10. The largest absolute Gasteiger partial charge is 0.492 e. The highest BCUT2D eigenvalue weighted by atomic mass is 79.9. The molecule has 1 N–H and O–H groups in total. The summed E-state index contributed by atoms with van der Waals surface area (Å²) in [5.74, 6) is 0.852. The second-order valence-corrected chi connectivity index (χ2v) is 6.19. The first-order valence-corrected chi connectivity index (χ1v) is 8.02. The number of pyridine rings is 1. The Morgan fingerprint density at radius 2 is 2.10 bits per heavy atom. The first-order chi connectivity index (χ1) is 9.60. The number of aromatic nitrogens is 1. The van der Waals surface area contributed by atoms with Crippen LogP contribution in [0.15, 0.2) is 39.4 Å². The summed E-state index contributed by atoms with van der Waals surface area (Å²) < 4.78 is 7.62. The summed E-state index contributed by atoms with van der Waals surface area (Å²) in [7, 11) is 0. The van der Waals surface area contributed by atoms with E-state index in [1.165, 1.54) is 0 Å². The summed E-state index contributed by atoms with van der Waals surface area (Å²) in [6.07, 6.45) is 1.70. The van der Waals surface area contributed by atoms with Crippen LogP contribution in [0.4, 0.5) is 5.69 Å². The molecule has 0 bridgehead atoms. The number of ether oxygens (including phenoxy) is 1. The standard InChI is InChI=1S/C14H13Br2ClN2O/c1-2-20-14-9(5-10(15)6-12(14)16)7-18-11-3-4-13(17)19-8-11/h3-6,8,18H,2,7H2,1H3. The first-order valence-electron chi connectivity index (χ1n) is 6.06. The van der Waals surface area contributed by atoms with Gasteiger partial charge in [0.2, 0.25) is 0 Å². The van der Waals surface area contributed by atoms with Gasteiger partial charge in [0.1, 0.15) is 10.9 Å². The molecule has 0 saturated carbocycles. The SMILES string of the molecule is CCOc1c(Br)cc(Br)cc1CNc1ccc(Cl)nc1. The number of nitrogens with one attached hydrogen (secondary N) is 1. The van der Waals surface area contributed by atoms with E-state index in [1.54, 1.807) is 12.3 Å². The van der Waals surface area contributed by atoms with Crippen molar-refractivity contribution in [3.8, 4) is 5.75 Å². The van der Waals surface area contributed by atoms with Crippen LogP contribution in [0.2, 0.25) is 5.15 Å². The molecule has 0 spiro atoms. The van der Waals surface area contributed by atoms with Gasteiger partial charge in [0.25, 0.3) is 0 Å². The number of halogens is 3. The van der Waals surface area contributed by atoms with Crippen molar-refractivity contribution in [1.82, 2.24) is 4.98 Å². The Kier molecular flexibility index (Phi) is 5.69. The van der Waals surface area contributed by atoms with Gasteiger partial charge in [-0.3, -0.25) is 0 Å². The number of hydrogen-bond acceptors (Lipinski definition) is 3. The molecular formula is C14H13Br2ClN2O. The van der Waals surface area contributed by atoms with E-state index in [9.17, 15) is 0 Å². The molecule has 2 rings (SSSR count). The van der Waals surface area contributed by atoms with Crippen LogP contribution < -0.4 is 10.1 Å². The highest BCUT2D eigenvalue weighted by molar-refractivity contribution is 9.11. The predicted octanol–water partition coefficient (Wildman–Crippen LogP) is 5.27. The summed E-state index contributed by atoms with van der Waals surface area (Å²) in [6, 6.07) is 7.65. The predicted molar refractivity (Wildman–Crippen MR) is 89.6 cm³/mol. The van der Waals surface area contributed by atoms with Gasteiger partial charge in [0.15, 0.2) is 0 Å². The number of anilines is 1. The van der Waals surface area contributed by atoms with Crippen LogP contribution in [0.1, 0.15) is 12.5 Å². The molecule has 2 aromatic rings. The van der Waals surface area contributed by atoms with E-state index in [1.807, 2.05) is 25.1 Å². The second-order valence-electron chi connectivity index (χ2n) is 4.03. The molecule has 0 amide bonds. The van der Waals surface area contributed by atoms with Crippen molar-refractivity contribution in [1.29, 1.82) is 0 Å². The number of rotatable bonds is 5. The van der Waals surface area contributed by atoms with Gasteiger partial charge < -0.3 is 10.1 Å². The average molecular weight is 421 g/mol. The lowest BCUT2D eigenvalue weighted by molar-refractivity contribution is 0.334. The molecule has 20 heavy (non-hydrogen) atoms. The molecule has 1 heterocycles. The molecule has 3 nitrogen and oxygen atoms in total. The number of hydrogen-bond donors (Lipinski definition) is 1. The zero-order valence-corrected chi connectivity index (χ0v) is 14.7. The Hall–Kier alpha value is -0.780. The van der Waals surface area contributed by atoms with Crippen LogP contribution in [0.5, 0.6) is 5.75 Å². The van der Waals surface area contributed by atoms with Crippen LogP contribution >= 0.6 is 43.5 Å². The summed E-state index contributed by atoms with van der Waals surface area (Å²) in [4.78, 5) is 4.04. The fourth-order valence-corrected chi connectivity index (χ4v) is 3.27. The zero-order chi connectivity index (χ0) is 14.5. The van der Waals surface area contributed by atoms with Gasteiger partial charge in [0.05, 0.1) is 23.0 Å². The van der Waals surface area contributed by atoms with Crippen molar-refractivity contribution in [3.05, 3.63) is 50.1 Å². The van der Waals surface area contributed by atoms with Gasteiger partial charge in [-0.05, 0) is 47.1 Å². The topological polar surface area (TPSA) is 34.1 Å². The Morgan fingerprint density at radius 1 is 1.30 bits per heavy atom. The van der Waals surface area contributed by atoms with E-state index in [0.717, 1.165) is 25.9 Å². The van der Waals surface area contributed by atoms with Crippen LogP contribution in [0.3, 0.4) is 0 Å². The number of benzene rings is 1. The second kappa shape index (κ2) is 7.29. The fourth-order valence-electron chi connectivity index (χ4n) is 1.73. The van der Waals surface area contributed by atoms with E-state index < -0.39 is 0 Å². The molecule has 0 radical (unpaired) electrons. The molecule has 0 aliphatic heterocycles. The maximum absolute atomic E-state index is 5.77. The average Bonchev–Trinajstić information content (AvgIpc) is 2.41. The smallest absolute Gasteiger partial charge is 0.138 e. The molecular weight excluding hydrogens is 407 g/mol. The maximum atomic E-state index is 5.77. The van der Waals surface area contributed by atoms with Gasteiger partial charge in [-0.2, -0.15) is 0 Å². The third-order valence-corrected chi connectivity index (χ3v) is 3.85. The summed E-state index contributed by atoms with van der Waals surface area (Å²) in [5.41, 5.74) is 1.97.